The lowest BCUT2D eigenvalue weighted by Crippen LogP contribution is -2.31. The molecule has 0 radical (unpaired) electrons. The van der Waals surface area contributed by atoms with E-state index in [0.717, 1.165) is 18.3 Å². The molecular formula is C19H11F6N3O2. The number of benzene rings is 2. The van der Waals surface area contributed by atoms with Crippen LogP contribution in [0, 0.1) is 0 Å². The highest BCUT2D eigenvalue weighted by Crippen LogP contribution is 2.52. The molecule has 0 saturated carbocycles. The molecule has 0 bridgehead atoms. The Morgan fingerprint density at radius 3 is 1.80 bits per heavy atom. The van der Waals surface area contributed by atoms with Crippen LogP contribution in [0.3, 0.4) is 0 Å². The van der Waals surface area contributed by atoms with Crippen LogP contribution >= 0.6 is 0 Å². The minimum absolute atomic E-state index is 0.0277. The Labute approximate surface area is 165 Å². The molecule has 2 aliphatic rings. The van der Waals surface area contributed by atoms with Gasteiger partial charge in [-0.25, -0.2) is 4.79 Å². The third-order valence-corrected chi connectivity index (χ3v) is 4.80. The number of carbonyl (C=O) groups excluding carboxylic acids is 1. The van der Waals surface area contributed by atoms with E-state index in [1.54, 1.807) is 0 Å². The van der Waals surface area contributed by atoms with E-state index in [0.29, 0.717) is 5.56 Å². The van der Waals surface area contributed by atoms with Gasteiger partial charge in [-0.15, -0.1) is 10.2 Å². The smallest absolute Gasteiger partial charge is 0.442 e. The van der Waals surface area contributed by atoms with Crippen LogP contribution in [-0.2, 0) is 22.5 Å². The van der Waals surface area contributed by atoms with Crippen LogP contribution in [0.25, 0.3) is 0 Å². The first-order valence-corrected chi connectivity index (χ1v) is 8.49. The molecule has 0 aromatic heterocycles. The summed E-state index contributed by atoms with van der Waals surface area (Å²) in [6.07, 6.45) is -8.41. The van der Waals surface area contributed by atoms with Crippen molar-refractivity contribution in [2.45, 2.75) is 30.2 Å². The second-order valence-electron chi connectivity index (χ2n) is 6.74. The summed E-state index contributed by atoms with van der Waals surface area (Å²) in [5.74, 6) is -0.789. The van der Waals surface area contributed by atoms with Crippen LogP contribution in [-0.4, -0.2) is 24.5 Å². The highest BCUT2D eigenvalue weighted by Gasteiger charge is 2.65. The van der Waals surface area contributed by atoms with E-state index < -0.39 is 29.5 Å². The van der Waals surface area contributed by atoms with Crippen molar-refractivity contribution in [3.05, 3.63) is 70.8 Å². The van der Waals surface area contributed by atoms with Crippen LogP contribution in [0.5, 0.6) is 0 Å². The third-order valence-electron chi connectivity index (χ3n) is 4.80. The number of nitrogens with zero attached hydrogens (tertiary/aromatic N) is 3. The number of alkyl halides is 6. The van der Waals surface area contributed by atoms with Gasteiger partial charge in [0.1, 0.15) is 6.61 Å². The number of ether oxygens (including phenoxy) is 1. The summed E-state index contributed by atoms with van der Waals surface area (Å²) < 4.78 is 83.1. The fraction of sp³-hybridized carbons (Fsp3) is 0.263. The number of aliphatic imine (C=N–C) groups is 1. The molecule has 156 valence electrons. The molecule has 0 spiro atoms. The molecule has 0 saturated heterocycles. The molecule has 1 atom stereocenters. The average Bonchev–Trinajstić information content (AvgIpc) is 3.58. The van der Waals surface area contributed by atoms with Crippen molar-refractivity contribution >= 4 is 12.2 Å². The van der Waals surface area contributed by atoms with Crippen LogP contribution < -0.4 is 0 Å². The molecule has 0 N–H and O–H groups in total. The maximum absolute atomic E-state index is 13.0. The van der Waals surface area contributed by atoms with Gasteiger partial charge >= 0.3 is 24.0 Å². The van der Waals surface area contributed by atoms with E-state index in [1.165, 1.54) is 36.4 Å². The second-order valence-corrected chi connectivity index (χ2v) is 6.74. The van der Waals surface area contributed by atoms with Crippen molar-refractivity contribution in [3.63, 3.8) is 0 Å². The molecule has 2 heterocycles. The lowest BCUT2D eigenvalue weighted by atomic mass is 9.96. The van der Waals surface area contributed by atoms with E-state index in [-0.39, 0.29) is 23.3 Å². The largest absolute Gasteiger partial charge is 0.457 e. The van der Waals surface area contributed by atoms with Crippen molar-refractivity contribution in [1.82, 2.24) is 0 Å². The summed E-state index contributed by atoms with van der Waals surface area (Å²) in [5, 5.41) is 6.20. The molecule has 5 nitrogen and oxygen atoms in total. The summed E-state index contributed by atoms with van der Waals surface area (Å²) >= 11 is 0. The SMILES string of the molecule is O=C(OCc1ccc(C2(C(F)(F)F)N=N2)cc1)c1ccc(C2(C(F)(F)F)C=N2)cc1. The maximum Gasteiger partial charge on any atom is 0.442 e. The van der Waals surface area contributed by atoms with Gasteiger partial charge in [0, 0.05) is 11.8 Å². The minimum atomic E-state index is -4.64. The minimum Gasteiger partial charge on any atom is -0.457 e. The molecule has 11 heteroatoms. The highest BCUT2D eigenvalue weighted by atomic mass is 19.4. The third kappa shape index (κ3) is 3.23. The molecule has 2 aromatic rings. The number of halogens is 6. The van der Waals surface area contributed by atoms with Crippen molar-refractivity contribution in [2.75, 3.05) is 0 Å². The Hall–Kier alpha value is -3.24. The summed E-state index contributed by atoms with van der Waals surface area (Å²) in [6, 6.07) is 9.75. The first-order chi connectivity index (χ1) is 14.0. The molecule has 4 rings (SSSR count). The average molecular weight is 427 g/mol. The first kappa shape index (κ1) is 20.0. The van der Waals surface area contributed by atoms with Gasteiger partial charge in [0.25, 0.3) is 0 Å². The highest BCUT2D eigenvalue weighted by molar-refractivity contribution is 5.91. The van der Waals surface area contributed by atoms with Gasteiger partial charge in [0.05, 0.1) is 5.56 Å². The van der Waals surface area contributed by atoms with Crippen molar-refractivity contribution in [3.8, 4) is 0 Å². The number of hydrogen-bond donors (Lipinski definition) is 0. The molecule has 0 amide bonds. The Balaban J connectivity index is 1.37. The van der Waals surface area contributed by atoms with Gasteiger partial charge in [-0.2, -0.15) is 26.3 Å². The topological polar surface area (TPSA) is 63.4 Å². The van der Waals surface area contributed by atoms with Crippen LogP contribution in [0.15, 0.2) is 63.8 Å². The monoisotopic (exact) mass is 427 g/mol. The Kier molecular flexibility index (Phi) is 4.26. The molecule has 2 aromatic carbocycles. The number of carbonyl (C=O) groups is 1. The van der Waals surface area contributed by atoms with Crippen LogP contribution in [0.1, 0.15) is 27.0 Å². The van der Waals surface area contributed by atoms with Crippen molar-refractivity contribution < 1.29 is 35.9 Å². The lowest BCUT2D eigenvalue weighted by Gasteiger charge is -2.17. The number of hydrogen-bond acceptors (Lipinski definition) is 5. The van der Waals surface area contributed by atoms with Gasteiger partial charge in [0.2, 0.25) is 5.54 Å². The standard InChI is InChI=1S/C19H11F6N3O2/c20-18(21,22)16(10-26-16)13-7-3-12(4-8-13)15(29)30-9-11-1-5-14(6-2-11)17(27-28-17)19(23,24)25/h1-8,10H,9H2. The van der Waals surface area contributed by atoms with Gasteiger partial charge in [-0.05, 0) is 23.3 Å². The normalized spacial score (nSPS) is 21.4. The first-order valence-electron chi connectivity index (χ1n) is 8.49. The fourth-order valence-corrected chi connectivity index (χ4v) is 2.89. The molecular weight excluding hydrogens is 416 g/mol. The fourth-order valence-electron chi connectivity index (χ4n) is 2.89. The summed E-state index contributed by atoms with van der Waals surface area (Å²) in [5.41, 5.74) is -4.67. The summed E-state index contributed by atoms with van der Waals surface area (Å²) in [4.78, 5) is 15.4. The quantitative estimate of drug-likeness (QED) is 0.494. The summed E-state index contributed by atoms with van der Waals surface area (Å²) in [6.45, 7) is -0.232. The van der Waals surface area contributed by atoms with Crippen LogP contribution in [0.2, 0.25) is 0 Å². The second kappa shape index (κ2) is 6.38. The van der Waals surface area contributed by atoms with E-state index in [4.69, 9.17) is 4.74 Å². The van der Waals surface area contributed by atoms with Crippen molar-refractivity contribution in [1.29, 1.82) is 0 Å². The number of esters is 1. The molecule has 0 fully saturated rings. The predicted molar refractivity (Wildman–Crippen MR) is 90.8 cm³/mol. The summed E-state index contributed by atoms with van der Waals surface area (Å²) in [7, 11) is 0. The number of rotatable bonds is 5. The Bertz CT molecular complexity index is 1030. The molecule has 30 heavy (non-hydrogen) atoms. The molecule has 0 aliphatic carbocycles. The van der Waals surface area contributed by atoms with E-state index >= 15 is 0 Å². The van der Waals surface area contributed by atoms with Crippen LogP contribution in [0.4, 0.5) is 26.3 Å². The van der Waals surface area contributed by atoms with Gasteiger partial charge < -0.3 is 4.74 Å². The lowest BCUT2D eigenvalue weighted by molar-refractivity contribution is -0.166. The van der Waals surface area contributed by atoms with E-state index in [9.17, 15) is 31.1 Å². The van der Waals surface area contributed by atoms with Gasteiger partial charge in [-0.3, -0.25) is 4.99 Å². The van der Waals surface area contributed by atoms with Gasteiger partial charge in [-0.1, -0.05) is 36.4 Å². The maximum atomic E-state index is 13.0. The van der Waals surface area contributed by atoms with E-state index in [2.05, 4.69) is 15.2 Å². The Morgan fingerprint density at radius 1 is 0.833 bits per heavy atom. The van der Waals surface area contributed by atoms with E-state index in [1.807, 2.05) is 0 Å². The van der Waals surface area contributed by atoms with Gasteiger partial charge in [0.15, 0.2) is 0 Å². The Morgan fingerprint density at radius 2 is 1.37 bits per heavy atom. The zero-order valence-electron chi connectivity index (χ0n) is 14.8. The zero-order valence-corrected chi connectivity index (χ0v) is 14.8. The predicted octanol–water partition coefficient (Wildman–Crippen LogP) is 5.07. The van der Waals surface area contributed by atoms with Crippen molar-refractivity contribution in [2.24, 2.45) is 15.2 Å². The molecule has 1 unspecified atom stereocenters. The zero-order chi connectivity index (χ0) is 21.8. The molecule has 2 aliphatic heterocycles.